The van der Waals surface area contributed by atoms with Crippen molar-refractivity contribution in [3.63, 3.8) is 0 Å². The van der Waals surface area contributed by atoms with Crippen molar-refractivity contribution in [3.8, 4) is 0 Å². The number of hydrogen-bond acceptors (Lipinski definition) is 6. The SMILES string of the molecule is OC[C@@H](OC1OCCN(Cc2nc[nH]n2)C1c1ccc(F)cc1)c1cc(C(F)(F)F)cc(C(F)(F)F)c1. The molecule has 0 saturated carbocycles. The van der Waals surface area contributed by atoms with E-state index in [4.69, 9.17) is 9.47 Å². The highest BCUT2D eigenvalue weighted by Crippen LogP contribution is 2.39. The van der Waals surface area contributed by atoms with E-state index in [1.807, 2.05) is 4.90 Å². The molecule has 14 heteroatoms. The monoisotopic (exact) mass is 534 g/mol. The second-order valence-electron chi connectivity index (χ2n) is 8.27. The van der Waals surface area contributed by atoms with Gasteiger partial charge in [0.25, 0.3) is 0 Å². The Bertz CT molecular complexity index is 1140. The number of hydrogen-bond donors (Lipinski definition) is 2. The van der Waals surface area contributed by atoms with Gasteiger partial charge < -0.3 is 14.6 Å². The Hall–Kier alpha value is -3.07. The number of alkyl halides is 6. The number of ether oxygens (including phenoxy) is 2. The Morgan fingerprint density at radius 1 is 1.05 bits per heavy atom. The van der Waals surface area contributed by atoms with E-state index in [0.29, 0.717) is 30.1 Å². The summed E-state index contributed by atoms with van der Waals surface area (Å²) in [5.41, 5.74) is -3.11. The first-order valence-electron chi connectivity index (χ1n) is 11.0. The fourth-order valence-electron chi connectivity index (χ4n) is 4.05. The van der Waals surface area contributed by atoms with Crippen LogP contribution in [0.1, 0.15) is 40.2 Å². The molecule has 2 aromatic carbocycles. The number of benzene rings is 2. The maximum Gasteiger partial charge on any atom is 0.416 e. The van der Waals surface area contributed by atoms with Crippen molar-refractivity contribution in [2.75, 3.05) is 19.8 Å². The predicted molar refractivity (Wildman–Crippen MR) is 113 cm³/mol. The maximum absolute atomic E-state index is 13.6. The van der Waals surface area contributed by atoms with Crippen LogP contribution in [0.25, 0.3) is 0 Å². The second-order valence-corrected chi connectivity index (χ2v) is 8.27. The molecule has 0 radical (unpaired) electrons. The molecule has 3 aromatic rings. The van der Waals surface area contributed by atoms with Gasteiger partial charge in [-0.15, -0.1) is 0 Å². The Kier molecular flexibility index (Phi) is 7.83. The minimum absolute atomic E-state index is 0.00499. The molecule has 0 aliphatic carbocycles. The first kappa shape index (κ1) is 27.0. The number of aromatic nitrogens is 3. The zero-order chi connectivity index (χ0) is 26.8. The third-order valence-electron chi connectivity index (χ3n) is 5.78. The van der Waals surface area contributed by atoms with Gasteiger partial charge in [-0.2, -0.15) is 31.4 Å². The maximum atomic E-state index is 13.6. The third kappa shape index (κ3) is 6.44. The number of nitrogens with one attached hydrogen (secondary N) is 1. The van der Waals surface area contributed by atoms with Crippen LogP contribution in [0.15, 0.2) is 48.8 Å². The van der Waals surface area contributed by atoms with Crippen molar-refractivity contribution in [2.45, 2.75) is 37.3 Å². The lowest BCUT2D eigenvalue weighted by atomic mass is 10.00. The molecule has 3 atom stereocenters. The summed E-state index contributed by atoms with van der Waals surface area (Å²) in [5.74, 6) is -0.116. The van der Waals surface area contributed by atoms with Crippen molar-refractivity contribution in [3.05, 3.63) is 82.7 Å². The first-order chi connectivity index (χ1) is 17.5. The van der Waals surface area contributed by atoms with Gasteiger partial charge in [0.2, 0.25) is 0 Å². The Balaban J connectivity index is 1.69. The van der Waals surface area contributed by atoms with Crippen LogP contribution in [0.5, 0.6) is 0 Å². The number of halogens is 7. The summed E-state index contributed by atoms with van der Waals surface area (Å²) in [6, 6.07) is 5.50. The lowest BCUT2D eigenvalue weighted by molar-refractivity contribution is -0.238. The zero-order valence-corrected chi connectivity index (χ0v) is 18.9. The van der Waals surface area contributed by atoms with Gasteiger partial charge in [-0.05, 0) is 41.5 Å². The molecule has 2 heterocycles. The van der Waals surface area contributed by atoms with Crippen LogP contribution < -0.4 is 0 Å². The summed E-state index contributed by atoms with van der Waals surface area (Å²) >= 11 is 0. The largest absolute Gasteiger partial charge is 0.416 e. The topological polar surface area (TPSA) is 83.5 Å². The van der Waals surface area contributed by atoms with Crippen LogP contribution in [0, 0.1) is 5.82 Å². The molecule has 1 aliphatic heterocycles. The molecule has 1 aliphatic rings. The highest BCUT2D eigenvalue weighted by atomic mass is 19.4. The number of aliphatic hydroxyl groups is 1. The number of aliphatic hydroxyl groups excluding tert-OH is 1. The van der Waals surface area contributed by atoms with Gasteiger partial charge in [-0.25, -0.2) is 9.37 Å². The summed E-state index contributed by atoms with van der Waals surface area (Å²) in [7, 11) is 0. The molecular formula is C23H21F7N4O3. The van der Waals surface area contributed by atoms with Crippen molar-refractivity contribution in [2.24, 2.45) is 0 Å². The standard InChI is InChI=1S/C23H21F7N4O3/c24-17-3-1-13(2-4-17)20-21(36-6-5-34(20)10-19-31-12-32-33-19)37-18(11-35)14-7-15(22(25,26)27)9-16(8-14)23(28,29)30/h1-4,7-9,12,18,20-21,35H,5-6,10-11H2,(H,31,32,33)/t18-,20?,21?/m1/s1. The van der Waals surface area contributed by atoms with Crippen molar-refractivity contribution in [1.82, 2.24) is 20.1 Å². The van der Waals surface area contributed by atoms with Crippen LogP contribution in [0.4, 0.5) is 30.7 Å². The zero-order valence-electron chi connectivity index (χ0n) is 18.9. The summed E-state index contributed by atoms with van der Waals surface area (Å²) in [5, 5.41) is 16.5. The van der Waals surface area contributed by atoms with Gasteiger partial charge in [0.05, 0.1) is 36.9 Å². The molecule has 0 amide bonds. The molecular weight excluding hydrogens is 513 g/mol. The van der Waals surface area contributed by atoms with E-state index in [-0.39, 0.29) is 19.2 Å². The van der Waals surface area contributed by atoms with E-state index in [2.05, 4.69) is 15.2 Å². The number of aromatic amines is 1. The molecule has 2 unspecified atom stereocenters. The van der Waals surface area contributed by atoms with Gasteiger partial charge in [-0.3, -0.25) is 10.00 Å². The summed E-state index contributed by atoms with van der Waals surface area (Å²) < 4.78 is 105. The molecule has 200 valence electrons. The van der Waals surface area contributed by atoms with E-state index in [9.17, 15) is 35.8 Å². The number of nitrogens with zero attached hydrogens (tertiary/aromatic N) is 3. The second kappa shape index (κ2) is 10.7. The molecule has 0 bridgehead atoms. The minimum Gasteiger partial charge on any atom is -0.393 e. The average Bonchev–Trinajstić information content (AvgIpc) is 3.35. The quantitative estimate of drug-likeness (QED) is 0.430. The van der Waals surface area contributed by atoms with Crippen molar-refractivity contribution < 1.29 is 45.3 Å². The first-order valence-corrected chi connectivity index (χ1v) is 11.0. The normalized spacial score (nSPS) is 20.2. The Morgan fingerprint density at radius 2 is 1.70 bits per heavy atom. The number of morpholine rings is 1. The van der Waals surface area contributed by atoms with Crippen molar-refractivity contribution >= 4 is 0 Å². The van der Waals surface area contributed by atoms with Crippen LogP contribution in [0.2, 0.25) is 0 Å². The molecule has 2 N–H and O–H groups in total. The predicted octanol–water partition coefficient (Wildman–Crippen LogP) is 4.63. The average molecular weight is 534 g/mol. The van der Waals surface area contributed by atoms with E-state index in [1.54, 1.807) is 0 Å². The van der Waals surface area contributed by atoms with Gasteiger partial charge in [0.1, 0.15) is 18.2 Å². The van der Waals surface area contributed by atoms with E-state index >= 15 is 0 Å². The summed E-state index contributed by atoms with van der Waals surface area (Å²) in [6.07, 6.45) is -11.6. The highest BCUT2D eigenvalue weighted by molar-refractivity contribution is 5.35. The highest BCUT2D eigenvalue weighted by Gasteiger charge is 2.40. The molecule has 0 spiro atoms. The van der Waals surface area contributed by atoms with Gasteiger partial charge in [0.15, 0.2) is 12.1 Å². The van der Waals surface area contributed by atoms with Crippen LogP contribution in [0.3, 0.4) is 0 Å². The van der Waals surface area contributed by atoms with Gasteiger partial charge in [-0.1, -0.05) is 12.1 Å². The van der Waals surface area contributed by atoms with E-state index < -0.39 is 59.9 Å². The van der Waals surface area contributed by atoms with Crippen molar-refractivity contribution in [1.29, 1.82) is 0 Å². The third-order valence-corrected chi connectivity index (χ3v) is 5.78. The Morgan fingerprint density at radius 3 is 2.24 bits per heavy atom. The number of H-pyrrole nitrogens is 1. The van der Waals surface area contributed by atoms with E-state index in [1.165, 1.54) is 30.6 Å². The fourth-order valence-corrected chi connectivity index (χ4v) is 4.05. The molecule has 1 saturated heterocycles. The van der Waals surface area contributed by atoms with Gasteiger partial charge >= 0.3 is 12.4 Å². The number of rotatable bonds is 7. The lowest BCUT2D eigenvalue weighted by Crippen LogP contribution is -2.46. The fraction of sp³-hybridized carbons (Fsp3) is 0.391. The molecule has 4 rings (SSSR count). The summed E-state index contributed by atoms with van der Waals surface area (Å²) in [4.78, 5) is 5.88. The van der Waals surface area contributed by atoms with Gasteiger partial charge in [0, 0.05) is 6.54 Å². The molecule has 1 aromatic heterocycles. The lowest BCUT2D eigenvalue weighted by Gasteiger charge is -2.41. The molecule has 7 nitrogen and oxygen atoms in total. The van der Waals surface area contributed by atoms with E-state index in [0.717, 1.165) is 0 Å². The Labute approximate surface area is 205 Å². The van der Waals surface area contributed by atoms with Crippen LogP contribution >= 0.6 is 0 Å². The summed E-state index contributed by atoms with van der Waals surface area (Å²) in [6.45, 7) is -0.334. The van der Waals surface area contributed by atoms with Crippen LogP contribution in [-0.4, -0.2) is 51.2 Å². The smallest absolute Gasteiger partial charge is 0.393 e. The van der Waals surface area contributed by atoms with Crippen LogP contribution in [-0.2, 0) is 28.4 Å². The molecule has 1 fully saturated rings. The molecule has 37 heavy (non-hydrogen) atoms. The minimum atomic E-state index is -5.07.